The number of carbonyl (C=O) groups excluding carboxylic acids is 1. The first-order valence-electron chi connectivity index (χ1n) is 8.65. The maximum Gasteiger partial charge on any atom is 0.276 e. The minimum atomic E-state index is -0.113. The number of rotatable bonds is 5. The predicted molar refractivity (Wildman–Crippen MR) is 116 cm³/mol. The fourth-order valence-corrected chi connectivity index (χ4v) is 4.50. The van der Waals surface area contributed by atoms with Gasteiger partial charge in [-0.05, 0) is 35.7 Å². The third-order valence-corrected chi connectivity index (χ3v) is 6.12. The molecule has 1 amide bonds. The highest BCUT2D eigenvalue weighted by Crippen LogP contribution is 2.24. The minimum absolute atomic E-state index is 0.0597. The topological polar surface area (TPSA) is 55.2 Å². The van der Waals surface area contributed by atoms with Gasteiger partial charge in [0, 0.05) is 12.7 Å². The van der Waals surface area contributed by atoms with E-state index in [2.05, 4.69) is 4.98 Å². The van der Waals surface area contributed by atoms with Crippen LogP contribution in [-0.4, -0.2) is 28.3 Å². The molecule has 140 valence electrons. The lowest BCUT2D eigenvalue weighted by Gasteiger charge is -2.17. The number of carbonyl (C=O) groups is 1. The molecular formula is C21H17N3O2S2. The van der Waals surface area contributed by atoms with E-state index in [0.29, 0.717) is 15.4 Å². The highest BCUT2D eigenvalue weighted by atomic mass is 32.2. The van der Waals surface area contributed by atoms with Crippen molar-refractivity contribution < 1.29 is 4.79 Å². The van der Waals surface area contributed by atoms with Crippen LogP contribution >= 0.6 is 23.1 Å². The second-order valence-corrected chi connectivity index (χ2v) is 7.94. The number of hydrogen-bond acceptors (Lipinski definition) is 5. The van der Waals surface area contributed by atoms with Gasteiger partial charge in [0.1, 0.15) is 4.70 Å². The van der Waals surface area contributed by atoms with E-state index in [4.69, 9.17) is 0 Å². The highest BCUT2D eigenvalue weighted by molar-refractivity contribution is 7.99. The first kappa shape index (κ1) is 18.5. The van der Waals surface area contributed by atoms with E-state index < -0.39 is 0 Å². The number of hydrogen-bond donors (Lipinski definition) is 0. The molecule has 0 radical (unpaired) electrons. The third-order valence-electron chi connectivity index (χ3n) is 4.31. The molecule has 4 aromatic rings. The van der Waals surface area contributed by atoms with E-state index in [1.54, 1.807) is 16.5 Å². The summed E-state index contributed by atoms with van der Waals surface area (Å²) in [5.41, 5.74) is 2.11. The van der Waals surface area contributed by atoms with Crippen LogP contribution in [0, 0.1) is 0 Å². The fourth-order valence-electron chi connectivity index (χ4n) is 2.81. The molecule has 2 aromatic carbocycles. The summed E-state index contributed by atoms with van der Waals surface area (Å²) in [7, 11) is 1.75. The lowest BCUT2D eigenvalue weighted by atomic mass is 10.3. The average molecular weight is 408 g/mol. The van der Waals surface area contributed by atoms with E-state index in [0.717, 1.165) is 11.4 Å². The Kier molecular flexibility index (Phi) is 5.27. The fraction of sp³-hybridized carbons (Fsp3) is 0.0952. The Bertz CT molecular complexity index is 1170. The number of thioether (sulfide) groups is 1. The van der Waals surface area contributed by atoms with Gasteiger partial charge in [0.25, 0.3) is 5.56 Å². The van der Waals surface area contributed by atoms with Crippen LogP contribution in [0.15, 0.2) is 82.1 Å². The van der Waals surface area contributed by atoms with Gasteiger partial charge < -0.3 is 4.90 Å². The molecule has 0 aliphatic heterocycles. The zero-order valence-electron chi connectivity index (χ0n) is 15.1. The molecule has 7 heteroatoms. The van der Waals surface area contributed by atoms with Crippen molar-refractivity contribution in [3.8, 4) is 5.69 Å². The van der Waals surface area contributed by atoms with E-state index in [9.17, 15) is 9.59 Å². The standard InChI is InChI=1S/C21H17N3O2S2/c1-23(15-8-4-2-5-9-15)18(25)14-28-21-22-17-12-13-27-19(17)20(26)24(21)16-10-6-3-7-11-16/h2-13H,14H2,1H3. The summed E-state index contributed by atoms with van der Waals surface area (Å²) in [6.07, 6.45) is 0. The second-order valence-electron chi connectivity index (χ2n) is 6.08. The molecule has 0 fully saturated rings. The molecule has 0 aliphatic carbocycles. The normalized spacial score (nSPS) is 10.9. The zero-order valence-corrected chi connectivity index (χ0v) is 16.7. The van der Waals surface area contributed by atoms with Gasteiger partial charge in [-0.25, -0.2) is 4.98 Å². The number of aromatic nitrogens is 2. The summed E-state index contributed by atoms with van der Waals surface area (Å²) >= 11 is 2.65. The van der Waals surface area contributed by atoms with E-state index in [1.807, 2.05) is 72.1 Å². The second kappa shape index (κ2) is 8.00. The Labute approximate surface area is 170 Å². The van der Waals surface area contributed by atoms with Crippen molar-refractivity contribution in [3.63, 3.8) is 0 Å². The number of anilines is 1. The van der Waals surface area contributed by atoms with Gasteiger partial charge in [-0.3, -0.25) is 14.2 Å². The van der Waals surface area contributed by atoms with Crippen LogP contribution in [0.4, 0.5) is 5.69 Å². The Morgan fingerprint density at radius 1 is 1.07 bits per heavy atom. The molecule has 0 N–H and O–H groups in total. The van der Waals surface area contributed by atoms with Gasteiger partial charge in [0.2, 0.25) is 5.91 Å². The van der Waals surface area contributed by atoms with Crippen molar-refractivity contribution >= 4 is 44.9 Å². The smallest absolute Gasteiger partial charge is 0.276 e. The quantitative estimate of drug-likeness (QED) is 0.367. The molecule has 28 heavy (non-hydrogen) atoms. The number of fused-ring (bicyclic) bond motifs is 1. The van der Waals surface area contributed by atoms with E-state index in [1.165, 1.54) is 23.1 Å². The average Bonchev–Trinajstić information content (AvgIpc) is 3.22. The lowest BCUT2D eigenvalue weighted by molar-refractivity contribution is -0.115. The number of thiophene rings is 1. The summed E-state index contributed by atoms with van der Waals surface area (Å²) in [5.74, 6) is 0.121. The Hall–Kier alpha value is -2.90. The monoisotopic (exact) mass is 407 g/mol. The number of para-hydroxylation sites is 2. The molecule has 0 saturated carbocycles. The molecule has 0 bridgehead atoms. The summed E-state index contributed by atoms with van der Waals surface area (Å²) in [4.78, 5) is 31.9. The van der Waals surface area contributed by atoms with Gasteiger partial charge in [-0.1, -0.05) is 48.2 Å². The third kappa shape index (κ3) is 3.58. The predicted octanol–water partition coefficient (Wildman–Crippen LogP) is 4.20. The summed E-state index contributed by atoms with van der Waals surface area (Å²) < 4.78 is 2.19. The summed E-state index contributed by atoms with van der Waals surface area (Å²) in [6, 6.07) is 20.7. The van der Waals surface area contributed by atoms with Crippen molar-refractivity contribution in [1.29, 1.82) is 0 Å². The molecule has 0 unspecified atom stereocenters. The molecule has 0 aliphatic rings. The van der Waals surface area contributed by atoms with Gasteiger partial charge in [-0.2, -0.15) is 0 Å². The first-order valence-corrected chi connectivity index (χ1v) is 10.5. The molecular weight excluding hydrogens is 390 g/mol. The summed E-state index contributed by atoms with van der Waals surface area (Å²) in [6.45, 7) is 0. The van der Waals surface area contributed by atoms with Crippen LogP contribution in [0.2, 0.25) is 0 Å². The maximum atomic E-state index is 13.0. The lowest BCUT2D eigenvalue weighted by Crippen LogP contribution is -2.28. The summed E-state index contributed by atoms with van der Waals surface area (Å²) in [5, 5.41) is 2.37. The van der Waals surface area contributed by atoms with Crippen LogP contribution in [0.5, 0.6) is 0 Å². The van der Waals surface area contributed by atoms with Gasteiger partial charge in [0.15, 0.2) is 5.16 Å². The molecule has 0 spiro atoms. The Balaban J connectivity index is 1.67. The number of nitrogens with zero attached hydrogens (tertiary/aromatic N) is 3. The zero-order chi connectivity index (χ0) is 19.5. The van der Waals surface area contributed by atoms with Crippen LogP contribution < -0.4 is 10.5 Å². The van der Waals surface area contributed by atoms with Gasteiger partial charge in [0.05, 0.1) is 17.0 Å². The van der Waals surface area contributed by atoms with Crippen LogP contribution in [0.25, 0.3) is 15.9 Å². The highest BCUT2D eigenvalue weighted by Gasteiger charge is 2.17. The Morgan fingerprint density at radius 3 is 2.46 bits per heavy atom. The maximum absolute atomic E-state index is 13.0. The Morgan fingerprint density at radius 2 is 1.75 bits per heavy atom. The first-order chi connectivity index (χ1) is 13.6. The van der Waals surface area contributed by atoms with Crippen molar-refractivity contribution in [3.05, 3.63) is 82.5 Å². The number of benzene rings is 2. The van der Waals surface area contributed by atoms with Crippen molar-refractivity contribution in [2.75, 3.05) is 17.7 Å². The molecule has 0 atom stereocenters. The van der Waals surface area contributed by atoms with Crippen molar-refractivity contribution in [2.45, 2.75) is 5.16 Å². The van der Waals surface area contributed by atoms with E-state index in [-0.39, 0.29) is 17.2 Å². The largest absolute Gasteiger partial charge is 0.315 e. The van der Waals surface area contributed by atoms with Crippen LogP contribution in [-0.2, 0) is 4.79 Å². The molecule has 4 rings (SSSR count). The van der Waals surface area contributed by atoms with Crippen LogP contribution in [0.3, 0.4) is 0 Å². The number of amides is 1. The van der Waals surface area contributed by atoms with Gasteiger partial charge >= 0.3 is 0 Å². The molecule has 5 nitrogen and oxygen atoms in total. The van der Waals surface area contributed by atoms with Crippen LogP contribution in [0.1, 0.15) is 0 Å². The van der Waals surface area contributed by atoms with Gasteiger partial charge in [-0.15, -0.1) is 11.3 Å². The van der Waals surface area contributed by atoms with Crippen molar-refractivity contribution in [1.82, 2.24) is 9.55 Å². The van der Waals surface area contributed by atoms with E-state index >= 15 is 0 Å². The molecule has 0 saturated heterocycles. The van der Waals surface area contributed by atoms with Crippen molar-refractivity contribution in [2.24, 2.45) is 0 Å². The SMILES string of the molecule is CN(C(=O)CSc1nc2ccsc2c(=O)n1-c1ccccc1)c1ccccc1. The molecule has 2 heterocycles. The minimum Gasteiger partial charge on any atom is -0.315 e. The molecule has 2 aromatic heterocycles.